The highest BCUT2D eigenvalue weighted by Crippen LogP contribution is 2.32. The molecule has 0 aliphatic heterocycles. The third-order valence-electron chi connectivity index (χ3n) is 3.95. The van der Waals surface area contributed by atoms with Gasteiger partial charge in [-0.3, -0.25) is 9.59 Å². The Kier molecular flexibility index (Phi) is 3.60. The zero-order valence-electron chi connectivity index (χ0n) is 11.5. The van der Waals surface area contributed by atoms with Crippen LogP contribution in [0.3, 0.4) is 0 Å². The van der Waals surface area contributed by atoms with Crippen molar-refractivity contribution in [3.8, 4) is 0 Å². The number of hydrogen-bond acceptors (Lipinski definition) is 2. The largest absolute Gasteiger partial charge is 0.481 e. The van der Waals surface area contributed by atoms with Crippen LogP contribution in [0.25, 0.3) is 0 Å². The first-order valence-corrected chi connectivity index (χ1v) is 6.47. The Labute approximate surface area is 113 Å². The first kappa shape index (κ1) is 13.6. The number of benzene rings is 1. The number of carboxylic acids is 1. The molecule has 2 rings (SSSR count). The molecule has 1 fully saturated rings. The van der Waals surface area contributed by atoms with Gasteiger partial charge in [0.25, 0.3) is 5.91 Å². The van der Waals surface area contributed by atoms with Crippen LogP contribution in [0.1, 0.15) is 34.3 Å². The van der Waals surface area contributed by atoms with Crippen molar-refractivity contribution in [3.05, 3.63) is 34.9 Å². The van der Waals surface area contributed by atoms with E-state index < -0.39 is 5.97 Å². The van der Waals surface area contributed by atoms with Crippen molar-refractivity contribution in [2.75, 3.05) is 7.05 Å². The Hall–Kier alpha value is -1.84. The lowest BCUT2D eigenvalue weighted by atomic mass is 9.79. The van der Waals surface area contributed by atoms with E-state index in [4.69, 9.17) is 5.11 Å². The average molecular weight is 261 g/mol. The van der Waals surface area contributed by atoms with Gasteiger partial charge >= 0.3 is 5.97 Å². The fourth-order valence-electron chi connectivity index (χ4n) is 2.43. The molecule has 0 heterocycles. The van der Waals surface area contributed by atoms with Crippen LogP contribution >= 0.6 is 0 Å². The molecule has 0 radical (unpaired) electrons. The maximum absolute atomic E-state index is 12.4. The molecule has 0 bridgehead atoms. The second kappa shape index (κ2) is 5.03. The lowest BCUT2D eigenvalue weighted by Gasteiger charge is -2.39. The Morgan fingerprint density at radius 2 is 1.89 bits per heavy atom. The van der Waals surface area contributed by atoms with Gasteiger partial charge in [-0.25, -0.2) is 0 Å². The molecule has 0 saturated heterocycles. The van der Waals surface area contributed by atoms with Gasteiger partial charge in [0.2, 0.25) is 0 Å². The fraction of sp³-hybridized carbons (Fsp3) is 0.467. The predicted octanol–water partition coefficient (Wildman–Crippen LogP) is 2.24. The van der Waals surface area contributed by atoms with Crippen LogP contribution in [0.4, 0.5) is 0 Å². The maximum atomic E-state index is 12.4. The summed E-state index contributed by atoms with van der Waals surface area (Å²) in [6, 6.07) is 5.86. The number of aryl methyl sites for hydroxylation is 2. The highest BCUT2D eigenvalue weighted by molar-refractivity contribution is 5.96. The Morgan fingerprint density at radius 1 is 1.26 bits per heavy atom. The van der Waals surface area contributed by atoms with Crippen LogP contribution in [0.5, 0.6) is 0 Å². The third kappa shape index (κ3) is 2.62. The second-order valence-electron chi connectivity index (χ2n) is 5.39. The second-order valence-corrected chi connectivity index (χ2v) is 5.39. The maximum Gasteiger partial charge on any atom is 0.306 e. The van der Waals surface area contributed by atoms with E-state index in [0.717, 1.165) is 11.1 Å². The van der Waals surface area contributed by atoms with Gasteiger partial charge in [0, 0.05) is 18.7 Å². The first-order chi connectivity index (χ1) is 8.90. The molecule has 0 aromatic heterocycles. The number of aliphatic carboxylic acids is 1. The van der Waals surface area contributed by atoms with Crippen LogP contribution in [-0.2, 0) is 4.79 Å². The minimum Gasteiger partial charge on any atom is -0.481 e. The van der Waals surface area contributed by atoms with Gasteiger partial charge in [0.1, 0.15) is 0 Å². The Morgan fingerprint density at radius 3 is 2.47 bits per heavy atom. The topological polar surface area (TPSA) is 57.6 Å². The third-order valence-corrected chi connectivity index (χ3v) is 3.95. The summed E-state index contributed by atoms with van der Waals surface area (Å²) >= 11 is 0. The lowest BCUT2D eigenvalue weighted by Crippen LogP contribution is -2.47. The van der Waals surface area contributed by atoms with Gasteiger partial charge in [-0.1, -0.05) is 17.7 Å². The van der Waals surface area contributed by atoms with Crippen molar-refractivity contribution >= 4 is 11.9 Å². The van der Waals surface area contributed by atoms with E-state index in [1.165, 1.54) is 0 Å². The molecule has 1 aromatic rings. The summed E-state index contributed by atoms with van der Waals surface area (Å²) in [6.45, 7) is 3.88. The van der Waals surface area contributed by atoms with Gasteiger partial charge in [-0.2, -0.15) is 0 Å². The van der Waals surface area contributed by atoms with Gasteiger partial charge in [0.05, 0.1) is 5.92 Å². The zero-order valence-corrected chi connectivity index (χ0v) is 11.5. The molecule has 1 aliphatic rings. The summed E-state index contributed by atoms with van der Waals surface area (Å²) in [5, 5.41) is 8.87. The summed E-state index contributed by atoms with van der Waals surface area (Å²) in [6.07, 6.45) is 1.12. The van der Waals surface area contributed by atoms with Crippen LogP contribution in [0, 0.1) is 19.8 Å². The summed E-state index contributed by atoms with van der Waals surface area (Å²) < 4.78 is 0. The summed E-state index contributed by atoms with van der Waals surface area (Å²) in [5.41, 5.74) is 2.72. The van der Waals surface area contributed by atoms with Gasteiger partial charge < -0.3 is 10.0 Å². The van der Waals surface area contributed by atoms with E-state index >= 15 is 0 Å². The minimum absolute atomic E-state index is 0.0185. The van der Waals surface area contributed by atoms with Crippen molar-refractivity contribution in [3.63, 3.8) is 0 Å². The van der Waals surface area contributed by atoms with Crippen LogP contribution in [0.2, 0.25) is 0 Å². The molecule has 1 aliphatic carbocycles. The Balaban J connectivity index is 2.08. The number of carboxylic acid groups (broad SMARTS) is 1. The molecule has 1 N–H and O–H groups in total. The molecule has 4 heteroatoms. The fourth-order valence-corrected chi connectivity index (χ4v) is 2.43. The highest BCUT2D eigenvalue weighted by Gasteiger charge is 2.38. The lowest BCUT2D eigenvalue weighted by molar-refractivity contribution is -0.146. The minimum atomic E-state index is -0.760. The summed E-state index contributed by atoms with van der Waals surface area (Å²) in [5.74, 6) is -1.07. The van der Waals surface area contributed by atoms with Gasteiger partial charge in [-0.15, -0.1) is 0 Å². The number of carbonyl (C=O) groups is 2. The van der Waals surface area contributed by atoms with Crippen LogP contribution < -0.4 is 0 Å². The number of rotatable bonds is 3. The molecule has 0 unspecified atom stereocenters. The van der Waals surface area contributed by atoms with Crippen molar-refractivity contribution < 1.29 is 14.7 Å². The molecule has 1 amide bonds. The van der Waals surface area contributed by atoms with E-state index in [9.17, 15) is 9.59 Å². The molecular weight excluding hydrogens is 242 g/mol. The van der Waals surface area contributed by atoms with Gasteiger partial charge in [0.15, 0.2) is 0 Å². The Bertz CT molecular complexity index is 518. The summed E-state index contributed by atoms with van der Waals surface area (Å²) in [7, 11) is 1.76. The normalized spacial score (nSPS) is 21.6. The molecule has 19 heavy (non-hydrogen) atoms. The number of hydrogen-bond donors (Lipinski definition) is 1. The molecule has 4 nitrogen and oxygen atoms in total. The van der Waals surface area contributed by atoms with E-state index in [-0.39, 0.29) is 17.9 Å². The van der Waals surface area contributed by atoms with E-state index in [1.807, 2.05) is 32.0 Å². The molecule has 0 atom stereocenters. The molecule has 0 spiro atoms. The first-order valence-electron chi connectivity index (χ1n) is 6.47. The SMILES string of the molecule is Cc1ccc(C)c(C(=O)N(C)C2CC(C(=O)O)C2)c1. The molecule has 1 saturated carbocycles. The van der Waals surface area contributed by atoms with Gasteiger partial charge in [-0.05, 0) is 38.3 Å². The van der Waals surface area contributed by atoms with Crippen molar-refractivity contribution in [1.29, 1.82) is 0 Å². The van der Waals surface area contributed by atoms with E-state index in [1.54, 1.807) is 11.9 Å². The number of carbonyl (C=O) groups excluding carboxylic acids is 1. The molecular formula is C15H19NO3. The quantitative estimate of drug-likeness (QED) is 0.907. The highest BCUT2D eigenvalue weighted by atomic mass is 16.4. The van der Waals surface area contributed by atoms with Crippen LogP contribution in [-0.4, -0.2) is 35.0 Å². The zero-order chi connectivity index (χ0) is 14.2. The molecule has 102 valence electrons. The smallest absolute Gasteiger partial charge is 0.306 e. The van der Waals surface area contributed by atoms with E-state index in [2.05, 4.69) is 0 Å². The van der Waals surface area contributed by atoms with Crippen LogP contribution in [0.15, 0.2) is 18.2 Å². The number of nitrogens with zero attached hydrogens (tertiary/aromatic N) is 1. The van der Waals surface area contributed by atoms with E-state index in [0.29, 0.717) is 18.4 Å². The number of amides is 1. The standard InChI is InChI=1S/C15H19NO3/c1-9-4-5-10(2)13(6-9)14(17)16(3)12-7-11(8-12)15(18)19/h4-6,11-12H,7-8H2,1-3H3,(H,18,19). The van der Waals surface area contributed by atoms with Crippen molar-refractivity contribution in [2.45, 2.75) is 32.7 Å². The van der Waals surface area contributed by atoms with Crippen molar-refractivity contribution in [1.82, 2.24) is 4.90 Å². The van der Waals surface area contributed by atoms with Crippen molar-refractivity contribution in [2.24, 2.45) is 5.92 Å². The average Bonchev–Trinajstić information content (AvgIpc) is 2.28. The summed E-state index contributed by atoms with van der Waals surface area (Å²) in [4.78, 5) is 24.9. The monoisotopic (exact) mass is 261 g/mol. The predicted molar refractivity (Wildman–Crippen MR) is 72.2 cm³/mol. The molecule has 1 aromatic carbocycles.